The summed E-state index contributed by atoms with van der Waals surface area (Å²) in [5, 5.41) is 2.79. The number of anilines is 1. The van der Waals surface area contributed by atoms with Crippen LogP contribution in [0.5, 0.6) is 11.5 Å². The van der Waals surface area contributed by atoms with Gasteiger partial charge in [-0.2, -0.15) is 0 Å². The van der Waals surface area contributed by atoms with E-state index in [1.807, 2.05) is 13.8 Å². The molecule has 0 saturated carbocycles. The lowest BCUT2D eigenvalue weighted by atomic mass is 10.1. The molecule has 1 aromatic heterocycles. The van der Waals surface area contributed by atoms with Crippen LogP contribution in [0.2, 0.25) is 0 Å². The normalized spacial score (nSPS) is 10.3. The van der Waals surface area contributed by atoms with Crippen molar-refractivity contribution in [1.29, 1.82) is 0 Å². The molecule has 7 heteroatoms. The third kappa shape index (κ3) is 5.22. The maximum absolute atomic E-state index is 12.8. The fourth-order valence-corrected chi connectivity index (χ4v) is 2.82. The van der Waals surface area contributed by atoms with E-state index in [0.29, 0.717) is 41.4 Å². The molecule has 2 rings (SSSR count). The molecule has 1 N–H and O–H groups in total. The van der Waals surface area contributed by atoms with Gasteiger partial charge in [0.05, 0.1) is 31.0 Å². The zero-order chi connectivity index (χ0) is 20.5. The molecule has 7 nitrogen and oxygen atoms in total. The number of methoxy groups -OCH3 is 2. The molecule has 0 bridgehead atoms. The topological polar surface area (TPSA) is 80.8 Å². The molecule has 0 aliphatic carbocycles. The number of benzene rings is 1. The number of carbonyl (C=O) groups is 2. The zero-order valence-electron chi connectivity index (χ0n) is 16.8. The molecule has 0 saturated heterocycles. The Balaban J connectivity index is 2.24. The minimum Gasteiger partial charge on any atom is -0.497 e. The minimum atomic E-state index is -0.383. The second kappa shape index (κ2) is 10.3. The lowest BCUT2D eigenvalue weighted by molar-refractivity contribution is 0.0755. The molecule has 0 unspecified atom stereocenters. The van der Waals surface area contributed by atoms with Gasteiger partial charge in [-0.15, -0.1) is 0 Å². The minimum absolute atomic E-state index is 0.121. The van der Waals surface area contributed by atoms with E-state index in [1.165, 1.54) is 19.5 Å². The van der Waals surface area contributed by atoms with Crippen molar-refractivity contribution in [2.75, 3.05) is 32.6 Å². The molecule has 0 atom stereocenters. The largest absolute Gasteiger partial charge is 0.497 e. The molecule has 28 heavy (non-hydrogen) atoms. The van der Waals surface area contributed by atoms with E-state index in [-0.39, 0.29) is 11.8 Å². The molecule has 0 aliphatic heterocycles. The van der Waals surface area contributed by atoms with E-state index in [9.17, 15) is 9.59 Å². The summed E-state index contributed by atoms with van der Waals surface area (Å²) in [5.41, 5.74) is 1.16. The van der Waals surface area contributed by atoms with Crippen LogP contribution in [0.15, 0.2) is 36.7 Å². The van der Waals surface area contributed by atoms with Crippen molar-refractivity contribution in [2.24, 2.45) is 0 Å². The number of rotatable bonds is 9. The van der Waals surface area contributed by atoms with Crippen molar-refractivity contribution in [2.45, 2.75) is 26.7 Å². The van der Waals surface area contributed by atoms with Gasteiger partial charge in [-0.05, 0) is 31.0 Å². The summed E-state index contributed by atoms with van der Waals surface area (Å²) in [6.45, 7) is 5.40. The van der Waals surface area contributed by atoms with Crippen LogP contribution in [0.1, 0.15) is 47.4 Å². The fraction of sp³-hybridized carbons (Fsp3) is 0.381. The molecule has 150 valence electrons. The number of nitrogens with one attached hydrogen (secondary N) is 1. The number of pyridine rings is 1. The van der Waals surface area contributed by atoms with Crippen LogP contribution in [0.25, 0.3) is 0 Å². The lowest BCUT2D eigenvalue weighted by Crippen LogP contribution is -2.32. The van der Waals surface area contributed by atoms with E-state index in [2.05, 4.69) is 10.3 Å². The average molecular weight is 385 g/mol. The molecule has 1 heterocycles. The Bertz CT molecular complexity index is 817. The molecular weight excluding hydrogens is 358 g/mol. The number of hydrogen-bond acceptors (Lipinski definition) is 5. The summed E-state index contributed by atoms with van der Waals surface area (Å²) >= 11 is 0. The van der Waals surface area contributed by atoms with Gasteiger partial charge in [0.1, 0.15) is 11.5 Å². The summed E-state index contributed by atoms with van der Waals surface area (Å²) in [6, 6.07) is 6.68. The number of nitrogens with zero attached hydrogens (tertiary/aromatic N) is 2. The van der Waals surface area contributed by atoms with Gasteiger partial charge >= 0.3 is 0 Å². The van der Waals surface area contributed by atoms with Gasteiger partial charge in [-0.1, -0.05) is 13.8 Å². The fourth-order valence-electron chi connectivity index (χ4n) is 2.82. The number of ether oxygens (including phenoxy) is 2. The maximum Gasteiger partial charge on any atom is 0.257 e. The molecule has 2 amide bonds. The Labute approximate surface area is 165 Å². The first kappa shape index (κ1) is 21.2. The Hall–Kier alpha value is -3.09. The molecule has 1 aromatic carbocycles. The van der Waals surface area contributed by atoms with E-state index in [4.69, 9.17) is 9.47 Å². The maximum atomic E-state index is 12.8. The van der Waals surface area contributed by atoms with Gasteiger partial charge < -0.3 is 19.7 Å². The van der Waals surface area contributed by atoms with Crippen molar-refractivity contribution in [1.82, 2.24) is 9.88 Å². The first-order chi connectivity index (χ1) is 13.5. The summed E-state index contributed by atoms with van der Waals surface area (Å²) in [7, 11) is 3.07. The molecule has 0 aliphatic rings. The highest BCUT2D eigenvalue weighted by molar-refractivity contribution is 6.06. The zero-order valence-corrected chi connectivity index (χ0v) is 16.8. The molecule has 0 fully saturated rings. The Morgan fingerprint density at radius 2 is 1.68 bits per heavy atom. The smallest absolute Gasteiger partial charge is 0.257 e. The van der Waals surface area contributed by atoms with Crippen molar-refractivity contribution in [3.05, 3.63) is 47.8 Å². The predicted octanol–water partition coefficient (Wildman–Crippen LogP) is 3.61. The highest BCUT2D eigenvalue weighted by atomic mass is 16.5. The summed E-state index contributed by atoms with van der Waals surface area (Å²) in [4.78, 5) is 31.3. The first-order valence-electron chi connectivity index (χ1n) is 9.31. The molecule has 0 spiro atoms. The highest BCUT2D eigenvalue weighted by Crippen LogP contribution is 2.29. The van der Waals surface area contributed by atoms with Gasteiger partial charge in [0.25, 0.3) is 11.8 Å². The van der Waals surface area contributed by atoms with Crippen LogP contribution in [0.3, 0.4) is 0 Å². The van der Waals surface area contributed by atoms with Crippen molar-refractivity contribution in [3.8, 4) is 11.5 Å². The predicted molar refractivity (Wildman–Crippen MR) is 108 cm³/mol. The number of hydrogen-bond donors (Lipinski definition) is 1. The van der Waals surface area contributed by atoms with Gasteiger partial charge in [0.2, 0.25) is 0 Å². The Morgan fingerprint density at radius 3 is 2.29 bits per heavy atom. The van der Waals surface area contributed by atoms with Crippen molar-refractivity contribution >= 4 is 17.5 Å². The summed E-state index contributed by atoms with van der Waals surface area (Å²) < 4.78 is 10.5. The van der Waals surface area contributed by atoms with Crippen molar-refractivity contribution in [3.63, 3.8) is 0 Å². The Kier molecular flexibility index (Phi) is 7.80. The third-order valence-electron chi connectivity index (χ3n) is 4.18. The van der Waals surface area contributed by atoms with Crippen molar-refractivity contribution < 1.29 is 19.1 Å². The van der Waals surface area contributed by atoms with Crippen LogP contribution in [0, 0.1) is 0 Å². The molecular formula is C21H27N3O4. The van der Waals surface area contributed by atoms with Gasteiger partial charge in [0.15, 0.2) is 0 Å². The van der Waals surface area contributed by atoms with Gasteiger partial charge in [0, 0.05) is 31.5 Å². The second-order valence-corrected chi connectivity index (χ2v) is 6.27. The van der Waals surface area contributed by atoms with E-state index >= 15 is 0 Å². The Morgan fingerprint density at radius 1 is 1.00 bits per heavy atom. The average Bonchev–Trinajstić information content (AvgIpc) is 2.73. The third-order valence-corrected chi connectivity index (χ3v) is 4.18. The van der Waals surface area contributed by atoms with Crippen LogP contribution in [-0.4, -0.2) is 49.0 Å². The second-order valence-electron chi connectivity index (χ2n) is 6.27. The summed E-state index contributed by atoms with van der Waals surface area (Å²) in [6.07, 6.45) is 4.66. The quantitative estimate of drug-likeness (QED) is 0.713. The van der Waals surface area contributed by atoms with Crippen LogP contribution in [-0.2, 0) is 0 Å². The van der Waals surface area contributed by atoms with Gasteiger partial charge in [-0.25, -0.2) is 0 Å². The van der Waals surface area contributed by atoms with E-state index < -0.39 is 0 Å². The lowest BCUT2D eigenvalue weighted by Gasteiger charge is -2.21. The standard InChI is InChI=1S/C21H27N3O4/c1-5-9-24(10-6-2)21(26)16-11-15(13-22-14-16)20(25)23-18-12-17(27-3)7-8-19(18)28-4/h7-8,11-14H,5-6,9-10H2,1-4H3,(H,23,25). The molecule has 0 radical (unpaired) electrons. The molecule has 2 aromatic rings. The first-order valence-corrected chi connectivity index (χ1v) is 9.31. The number of amides is 2. The SMILES string of the molecule is CCCN(CCC)C(=O)c1cncc(C(=O)Nc2cc(OC)ccc2OC)c1. The van der Waals surface area contributed by atoms with E-state index in [0.717, 1.165) is 12.8 Å². The summed E-state index contributed by atoms with van der Waals surface area (Å²) in [5.74, 6) is 0.593. The monoisotopic (exact) mass is 385 g/mol. The van der Waals surface area contributed by atoms with Crippen LogP contribution in [0.4, 0.5) is 5.69 Å². The van der Waals surface area contributed by atoms with Crippen LogP contribution >= 0.6 is 0 Å². The van der Waals surface area contributed by atoms with E-state index in [1.54, 1.807) is 36.3 Å². The van der Waals surface area contributed by atoms with Crippen LogP contribution < -0.4 is 14.8 Å². The van der Waals surface area contributed by atoms with Gasteiger partial charge in [-0.3, -0.25) is 14.6 Å². The highest BCUT2D eigenvalue weighted by Gasteiger charge is 2.17. The number of aromatic nitrogens is 1. The number of carbonyl (C=O) groups excluding carboxylic acids is 2.